The summed E-state index contributed by atoms with van der Waals surface area (Å²) in [4.78, 5) is 10.4. The van der Waals surface area contributed by atoms with Gasteiger partial charge in [-0.15, -0.1) is 13.2 Å². The molecule has 0 aliphatic rings. The van der Waals surface area contributed by atoms with Gasteiger partial charge in [0.2, 0.25) is 0 Å². The highest BCUT2D eigenvalue weighted by atomic mass is 79.9. The Balaban J connectivity index is 3.34. The van der Waals surface area contributed by atoms with E-state index in [2.05, 4.69) is 20.7 Å². The molecule has 0 bridgehead atoms. The van der Waals surface area contributed by atoms with E-state index in [1.54, 1.807) is 0 Å². The second-order valence-corrected chi connectivity index (χ2v) is 4.60. The molecule has 0 heterocycles. The molecule has 0 spiro atoms. The number of nitrogens with zero attached hydrogens (tertiary/aromatic N) is 1. The maximum absolute atomic E-state index is 12.3. The van der Waals surface area contributed by atoms with Gasteiger partial charge in [-0.3, -0.25) is 4.79 Å². The fourth-order valence-electron chi connectivity index (χ4n) is 1.53. The predicted octanol–water partition coefficient (Wildman–Crippen LogP) is 3.68. The van der Waals surface area contributed by atoms with E-state index in [0.717, 1.165) is 6.07 Å². The molecule has 0 saturated carbocycles. The van der Waals surface area contributed by atoms with Gasteiger partial charge in [0.05, 0.1) is 12.5 Å². The number of ketones is 1. The van der Waals surface area contributed by atoms with Crippen LogP contribution in [0.3, 0.4) is 0 Å². The number of carbonyl (C=O) groups is 1. The molecular formula is C12H9BrF3NO2. The molecule has 0 amide bonds. The summed E-state index contributed by atoms with van der Waals surface area (Å²) in [6, 6.07) is 5.78. The zero-order valence-corrected chi connectivity index (χ0v) is 11.4. The third-order valence-corrected chi connectivity index (χ3v) is 3.36. The van der Waals surface area contributed by atoms with Crippen molar-refractivity contribution < 1.29 is 22.7 Å². The lowest BCUT2D eigenvalue weighted by atomic mass is 9.99. The van der Waals surface area contributed by atoms with E-state index in [1.807, 2.05) is 6.07 Å². The highest BCUT2D eigenvalue weighted by Crippen LogP contribution is 2.37. The van der Waals surface area contributed by atoms with Crippen LogP contribution < -0.4 is 4.74 Å². The number of halogens is 4. The Morgan fingerprint density at radius 1 is 1.53 bits per heavy atom. The van der Waals surface area contributed by atoms with Crippen molar-refractivity contribution in [1.82, 2.24) is 0 Å². The molecule has 19 heavy (non-hydrogen) atoms. The number of rotatable bonds is 4. The highest BCUT2D eigenvalue weighted by Gasteiger charge is 2.34. The molecule has 0 saturated heterocycles. The third kappa shape index (κ3) is 4.24. The first kappa shape index (κ1) is 15.5. The van der Waals surface area contributed by atoms with Crippen LogP contribution in [0.2, 0.25) is 0 Å². The van der Waals surface area contributed by atoms with Crippen LogP contribution in [0.5, 0.6) is 5.75 Å². The van der Waals surface area contributed by atoms with Gasteiger partial charge in [0, 0.05) is 5.56 Å². The molecule has 1 atom stereocenters. The lowest BCUT2D eigenvalue weighted by Crippen LogP contribution is -2.19. The second kappa shape index (κ2) is 6.06. The van der Waals surface area contributed by atoms with Crippen LogP contribution in [-0.2, 0) is 11.2 Å². The molecular weight excluding hydrogens is 327 g/mol. The van der Waals surface area contributed by atoms with Gasteiger partial charge >= 0.3 is 6.36 Å². The Hall–Kier alpha value is -1.55. The molecule has 0 aliphatic heterocycles. The van der Waals surface area contributed by atoms with E-state index in [4.69, 9.17) is 5.26 Å². The maximum atomic E-state index is 12.3. The average Bonchev–Trinajstić information content (AvgIpc) is 2.26. The first-order valence-electron chi connectivity index (χ1n) is 5.15. The Morgan fingerprint density at radius 2 is 2.16 bits per heavy atom. The summed E-state index contributed by atoms with van der Waals surface area (Å²) in [6.07, 6.45) is -4.97. The summed E-state index contributed by atoms with van der Waals surface area (Å²) in [6.45, 7) is 1.24. The summed E-state index contributed by atoms with van der Waals surface area (Å²) in [5.41, 5.74) is 0.357. The van der Waals surface area contributed by atoms with Gasteiger partial charge in [0.15, 0.2) is 0 Å². The smallest absolute Gasteiger partial charge is 0.405 e. The number of hydrogen-bond donors (Lipinski definition) is 0. The van der Waals surface area contributed by atoms with E-state index in [-0.39, 0.29) is 17.8 Å². The minimum absolute atomic E-state index is 0.0360. The van der Waals surface area contributed by atoms with Crippen LogP contribution >= 0.6 is 15.9 Å². The van der Waals surface area contributed by atoms with Crippen LogP contribution in [0.1, 0.15) is 22.9 Å². The van der Waals surface area contributed by atoms with Crippen molar-refractivity contribution >= 4 is 21.7 Å². The maximum Gasteiger partial charge on any atom is 0.573 e. The Kier molecular flexibility index (Phi) is 4.95. The predicted molar refractivity (Wildman–Crippen MR) is 64.8 cm³/mol. The molecule has 3 nitrogen and oxygen atoms in total. The highest BCUT2D eigenvalue weighted by molar-refractivity contribution is 9.09. The van der Waals surface area contributed by atoms with Crippen molar-refractivity contribution in [3.05, 3.63) is 29.3 Å². The summed E-state index contributed by atoms with van der Waals surface area (Å²) in [5, 5.41) is 8.67. The number of Topliss-reactive ketones (excluding diaryl/α,β-unsaturated/α-hetero) is 1. The standard InChI is InChI=1S/C12H9BrF3NO2/c1-7(18)11(13)10-8(5-6-17)3-2-4-9(10)19-12(14,15)16/h2-4,11H,5H2,1H3. The molecule has 102 valence electrons. The van der Waals surface area contributed by atoms with Crippen molar-refractivity contribution in [3.63, 3.8) is 0 Å². The zero-order valence-electron chi connectivity index (χ0n) is 9.79. The van der Waals surface area contributed by atoms with E-state index in [1.165, 1.54) is 19.1 Å². The van der Waals surface area contributed by atoms with E-state index < -0.39 is 16.9 Å². The van der Waals surface area contributed by atoms with Gasteiger partial charge < -0.3 is 4.74 Å². The van der Waals surface area contributed by atoms with E-state index in [0.29, 0.717) is 5.56 Å². The number of carbonyl (C=O) groups excluding carboxylic acids is 1. The first-order valence-corrected chi connectivity index (χ1v) is 6.07. The third-order valence-electron chi connectivity index (χ3n) is 2.26. The van der Waals surface area contributed by atoms with Gasteiger partial charge in [0.1, 0.15) is 16.4 Å². The van der Waals surface area contributed by atoms with Crippen molar-refractivity contribution in [1.29, 1.82) is 5.26 Å². The number of ether oxygens (including phenoxy) is 1. The molecule has 0 aromatic heterocycles. The molecule has 0 fully saturated rings. The minimum atomic E-state index is -4.86. The number of benzene rings is 1. The number of nitriles is 1. The van der Waals surface area contributed by atoms with Crippen LogP contribution in [0, 0.1) is 11.3 Å². The minimum Gasteiger partial charge on any atom is -0.405 e. The zero-order chi connectivity index (χ0) is 14.6. The fraction of sp³-hybridized carbons (Fsp3) is 0.333. The molecule has 0 aliphatic carbocycles. The van der Waals surface area contributed by atoms with Crippen molar-refractivity contribution in [2.75, 3.05) is 0 Å². The Bertz CT molecular complexity index is 523. The lowest BCUT2D eigenvalue weighted by molar-refractivity contribution is -0.274. The SMILES string of the molecule is CC(=O)C(Br)c1c(CC#N)cccc1OC(F)(F)F. The van der Waals surface area contributed by atoms with E-state index in [9.17, 15) is 18.0 Å². The summed E-state index contributed by atoms with van der Waals surface area (Å²) in [5.74, 6) is -0.852. The molecule has 1 aromatic carbocycles. The van der Waals surface area contributed by atoms with Gasteiger partial charge in [-0.1, -0.05) is 28.1 Å². The van der Waals surface area contributed by atoms with Crippen LogP contribution in [0.4, 0.5) is 13.2 Å². The van der Waals surface area contributed by atoms with Crippen molar-refractivity contribution in [3.8, 4) is 11.8 Å². The number of alkyl halides is 4. The monoisotopic (exact) mass is 335 g/mol. The molecule has 7 heteroatoms. The lowest BCUT2D eigenvalue weighted by Gasteiger charge is -2.18. The van der Waals surface area contributed by atoms with Gasteiger partial charge in [-0.25, -0.2) is 0 Å². The van der Waals surface area contributed by atoms with E-state index >= 15 is 0 Å². The van der Waals surface area contributed by atoms with Crippen LogP contribution in [0.25, 0.3) is 0 Å². The average molecular weight is 336 g/mol. The first-order chi connectivity index (χ1) is 8.76. The molecule has 0 radical (unpaired) electrons. The molecule has 1 aromatic rings. The van der Waals surface area contributed by atoms with Crippen LogP contribution in [0.15, 0.2) is 18.2 Å². The topological polar surface area (TPSA) is 50.1 Å². The summed E-state index contributed by atoms with van der Waals surface area (Å²) < 4.78 is 40.8. The summed E-state index contributed by atoms with van der Waals surface area (Å²) >= 11 is 3.02. The number of hydrogen-bond acceptors (Lipinski definition) is 3. The van der Waals surface area contributed by atoms with Gasteiger partial charge in [0.25, 0.3) is 0 Å². The van der Waals surface area contributed by atoms with Gasteiger partial charge in [-0.2, -0.15) is 5.26 Å². The molecule has 1 unspecified atom stereocenters. The Labute approximate surface area is 116 Å². The second-order valence-electron chi connectivity index (χ2n) is 3.68. The molecule has 1 rings (SSSR count). The Morgan fingerprint density at radius 3 is 2.63 bits per heavy atom. The largest absolute Gasteiger partial charge is 0.573 e. The van der Waals surface area contributed by atoms with Crippen LogP contribution in [-0.4, -0.2) is 12.1 Å². The molecule has 0 N–H and O–H groups in total. The van der Waals surface area contributed by atoms with Crippen molar-refractivity contribution in [2.24, 2.45) is 0 Å². The van der Waals surface area contributed by atoms with Crippen molar-refractivity contribution in [2.45, 2.75) is 24.5 Å². The fourth-order valence-corrected chi connectivity index (χ4v) is 2.05. The normalized spacial score (nSPS) is 12.6. The van der Waals surface area contributed by atoms with Gasteiger partial charge in [-0.05, 0) is 18.6 Å². The summed E-state index contributed by atoms with van der Waals surface area (Å²) in [7, 11) is 0. The quantitative estimate of drug-likeness (QED) is 0.788.